The number of carbonyl (C=O) groups excluding carboxylic acids is 1. The second-order valence-corrected chi connectivity index (χ2v) is 10.3. The number of rotatable bonds is 3. The molecular weight excluding hydrogens is 391 g/mol. The average molecular weight is 417 g/mol. The molecule has 0 aromatic heterocycles. The Kier molecular flexibility index (Phi) is 6.13. The van der Waals surface area contributed by atoms with Crippen molar-refractivity contribution in [2.24, 2.45) is 17.8 Å². The Balaban J connectivity index is 1.64. The van der Waals surface area contributed by atoms with Crippen LogP contribution in [0.4, 0.5) is 4.39 Å². The van der Waals surface area contributed by atoms with Gasteiger partial charge in [-0.25, -0.2) is 12.8 Å². The number of carbonyl (C=O) groups is 1. The summed E-state index contributed by atoms with van der Waals surface area (Å²) >= 11 is 5.72. The molecule has 1 aromatic carbocycles. The van der Waals surface area contributed by atoms with Crippen molar-refractivity contribution in [3.63, 3.8) is 0 Å². The zero-order chi connectivity index (χ0) is 19.8. The van der Waals surface area contributed by atoms with Gasteiger partial charge in [0, 0.05) is 32.1 Å². The topological polar surface area (TPSA) is 57.7 Å². The predicted octanol–water partition coefficient (Wildman–Crippen LogP) is 3.38. The van der Waals surface area contributed by atoms with Crippen molar-refractivity contribution in [1.29, 1.82) is 0 Å². The van der Waals surface area contributed by atoms with Gasteiger partial charge in [0.1, 0.15) is 5.82 Å². The Morgan fingerprint density at radius 1 is 1.15 bits per heavy atom. The zero-order valence-corrected chi connectivity index (χ0v) is 17.3. The molecule has 2 aliphatic heterocycles. The van der Waals surface area contributed by atoms with Crippen LogP contribution in [0.15, 0.2) is 23.1 Å². The minimum absolute atomic E-state index is 0.0163. The third-order valence-corrected chi connectivity index (χ3v) is 7.70. The lowest BCUT2D eigenvalue weighted by atomic mass is 9.89. The maximum absolute atomic E-state index is 13.3. The fourth-order valence-electron chi connectivity index (χ4n) is 4.23. The van der Waals surface area contributed by atoms with Crippen LogP contribution < -0.4 is 0 Å². The van der Waals surface area contributed by atoms with E-state index in [1.807, 2.05) is 4.90 Å². The van der Waals surface area contributed by atoms with E-state index in [4.69, 9.17) is 11.6 Å². The first-order valence-corrected chi connectivity index (χ1v) is 11.2. The number of halogens is 2. The first-order chi connectivity index (χ1) is 12.7. The van der Waals surface area contributed by atoms with Crippen molar-refractivity contribution < 1.29 is 17.6 Å². The van der Waals surface area contributed by atoms with Gasteiger partial charge in [0.2, 0.25) is 15.9 Å². The Hall–Kier alpha value is -1.18. The van der Waals surface area contributed by atoms with E-state index in [9.17, 15) is 17.6 Å². The average Bonchev–Trinajstić information content (AvgIpc) is 2.62. The summed E-state index contributed by atoms with van der Waals surface area (Å²) in [5.41, 5.74) is 0. The second kappa shape index (κ2) is 8.05. The molecule has 2 saturated heterocycles. The molecule has 2 unspecified atom stereocenters. The highest BCUT2D eigenvalue weighted by Crippen LogP contribution is 2.29. The number of hydrogen-bond donors (Lipinski definition) is 0. The number of sulfonamides is 1. The fraction of sp³-hybridized carbons (Fsp3) is 0.632. The Morgan fingerprint density at radius 2 is 1.74 bits per heavy atom. The highest BCUT2D eigenvalue weighted by Gasteiger charge is 2.35. The normalized spacial score (nSPS) is 25.6. The summed E-state index contributed by atoms with van der Waals surface area (Å²) in [7, 11) is -3.74. The van der Waals surface area contributed by atoms with E-state index in [-0.39, 0.29) is 34.8 Å². The molecule has 2 fully saturated rings. The molecule has 1 amide bonds. The van der Waals surface area contributed by atoms with Gasteiger partial charge in [-0.1, -0.05) is 25.4 Å². The van der Waals surface area contributed by atoms with Gasteiger partial charge in [-0.2, -0.15) is 4.31 Å². The van der Waals surface area contributed by atoms with Gasteiger partial charge in [-0.05, 0) is 49.3 Å². The zero-order valence-electron chi connectivity index (χ0n) is 15.7. The third-order valence-electron chi connectivity index (χ3n) is 5.51. The molecule has 8 heteroatoms. The minimum Gasteiger partial charge on any atom is -0.342 e. The lowest BCUT2D eigenvalue weighted by Gasteiger charge is -2.39. The molecule has 2 atom stereocenters. The van der Waals surface area contributed by atoms with Gasteiger partial charge in [-0.15, -0.1) is 0 Å². The van der Waals surface area contributed by atoms with Crippen LogP contribution in [0, 0.1) is 23.6 Å². The van der Waals surface area contributed by atoms with Crippen molar-refractivity contribution in [3.05, 3.63) is 29.0 Å². The monoisotopic (exact) mass is 416 g/mol. The second-order valence-electron chi connectivity index (χ2n) is 7.94. The van der Waals surface area contributed by atoms with E-state index < -0.39 is 15.8 Å². The first-order valence-electron chi connectivity index (χ1n) is 9.42. The van der Waals surface area contributed by atoms with Crippen LogP contribution in [0.1, 0.15) is 33.1 Å². The number of hydrogen-bond acceptors (Lipinski definition) is 3. The van der Waals surface area contributed by atoms with Gasteiger partial charge in [-0.3, -0.25) is 4.79 Å². The molecule has 3 rings (SSSR count). The molecule has 0 saturated carbocycles. The van der Waals surface area contributed by atoms with Crippen molar-refractivity contribution in [3.8, 4) is 0 Å². The quantitative estimate of drug-likeness (QED) is 0.758. The van der Waals surface area contributed by atoms with Crippen molar-refractivity contribution in [2.45, 2.75) is 38.0 Å². The van der Waals surface area contributed by atoms with Gasteiger partial charge in [0.05, 0.1) is 9.92 Å². The van der Waals surface area contributed by atoms with Gasteiger partial charge >= 0.3 is 0 Å². The molecule has 0 bridgehead atoms. The molecule has 150 valence electrons. The number of piperidine rings is 2. The van der Waals surface area contributed by atoms with Crippen LogP contribution in [-0.4, -0.2) is 49.7 Å². The predicted molar refractivity (Wildman–Crippen MR) is 102 cm³/mol. The molecule has 0 aliphatic carbocycles. The molecule has 0 N–H and O–H groups in total. The Labute approximate surface area is 165 Å². The van der Waals surface area contributed by atoms with E-state index in [1.165, 1.54) is 10.4 Å². The summed E-state index contributed by atoms with van der Waals surface area (Å²) in [5.74, 6) is 0.369. The summed E-state index contributed by atoms with van der Waals surface area (Å²) in [6, 6.07) is 3.43. The van der Waals surface area contributed by atoms with Crippen LogP contribution in [0.25, 0.3) is 0 Å². The van der Waals surface area contributed by atoms with Crippen LogP contribution in [0.5, 0.6) is 0 Å². The summed E-state index contributed by atoms with van der Waals surface area (Å²) in [5, 5.41) is -0.213. The van der Waals surface area contributed by atoms with Crippen molar-refractivity contribution in [1.82, 2.24) is 9.21 Å². The molecule has 2 aliphatic rings. The van der Waals surface area contributed by atoms with Crippen LogP contribution in [0.2, 0.25) is 5.02 Å². The lowest BCUT2D eigenvalue weighted by molar-refractivity contribution is -0.139. The summed E-state index contributed by atoms with van der Waals surface area (Å²) in [4.78, 5) is 14.8. The smallest absolute Gasteiger partial charge is 0.243 e. The first kappa shape index (κ1) is 20.6. The standard InChI is InChI=1S/C19H26ClFN2O3S/c1-13-9-14(2)12-22(11-13)19(24)15-5-7-23(8-6-15)27(25,26)16-3-4-18(21)17(20)10-16/h3-4,10,13-15H,5-9,11-12H2,1-2H3. The van der Waals surface area contributed by atoms with Crippen LogP contribution >= 0.6 is 11.6 Å². The van der Waals surface area contributed by atoms with E-state index in [0.717, 1.165) is 31.6 Å². The number of amides is 1. The number of nitrogens with zero attached hydrogens (tertiary/aromatic N) is 2. The molecule has 2 heterocycles. The van der Waals surface area contributed by atoms with Gasteiger partial charge in [0.15, 0.2) is 0 Å². The van der Waals surface area contributed by atoms with Crippen molar-refractivity contribution >= 4 is 27.5 Å². The van der Waals surface area contributed by atoms with Gasteiger partial charge < -0.3 is 4.90 Å². The maximum atomic E-state index is 13.3. The van der Waals surface area contributed by atoms with E-state index in [1.54, 1.807) is 0 Å². The third kappa shape index (κ3) is 4.46. The Morgan fingerprint density at radius 3 is 2.30 bits per heavy atom. The molecule has 5 nitrogen and oxygen atoms in total. The van der Waals surface area contributed by atoms with E-state index in [2.05, 4.69) is 13.8 Å². The van der Waals surface area contributed by atoms with Gasteiger partial charge in [0.25, 0.3) is 0 Å². The molecule has 0 radical (unpaired) electrons. The molecule has 27 heavy (non-hydrogen) atoms. The fourth-order valence-corrected chi connectivity index (χ4v) is 5.97. The maximum Gasteiger partial charge on any atom is 0.243 e. The number of likely N-dealkylation sites (tertiary alicyclic amines) is 1. The molecule has 1 aromatic rings. The SMILES string of the molecule is CC1CC(C)CN(C(=O)C2CCN(S(=O)(=O)c3ccc(F)c(Cl)c3)CC2)C1. The van der Waals surface area contributed by atoms with Crippen molar-refractivity contribution in [2.75, 3.05) is 26.2 Å². The summed E-state index contributed by atoms with van der Waals surface area (Å²) in [6.07, 6.45) is 2.15. The molecule has 0 spiro atoms. The van der Waals surface area contributed by atoms with E-state index >= 15 is 0 Å². The largest absolute Gasteiger partial charge is 0.342 e. The molecular formula is C19H26ClFN2O3S. The lowest BCUT2D eigenvalue weighted by Crippen LogP contribution is -2.48. The van der Waals surface area contributed by atoms with E-state index in [0.29, 0.717) is 24.7 Å². The highest BCUT2D eigenvalue weighted by atomic mass is 35.5. The number of benzene rings is 1. The summed E-state index contributed by atoms with van der Waals surface area (Å²) in [6.45, 7) is 6.47. The minimum atomic E-state index is -3.74. The summed E-state index contributed by atoms with van der Waals surface area (Å²) < 4.78 is 40.2. The Bertz CT molecular complexity index is 799. The van der Waals surface area contributed by atoms with Crippen LogP contribution in [-0.2, 0) is 14.8 Å². The van der Waals surface area contributed by atoms with Crippen LogP contribution in [0.3, 0.4) is 0 Å². The highest BCUT2D eigenvalue weighted by molar-refractivity contribution is 7.89.